The summed E-state index contributed by atoms with van der Waals surface area (Å²) in [7, 11) is 0. The summed E-state index contributed by atoms with van der Waals surface area (Å²) in [5.41, 5.74) is 5.08. The van der Waals surface area contributed by atoms with Crippen molar-refractivity contribution in [1.29, 1.82) is 0 Å². The van der Waals surface area contributed by atoms with Gasteiger partial charge in [-0.2, -0.15) is 0 Å². The van der Waals surface area contributed by atoms with Gasteiger partial charge in [-0.05, 0) is 58.6 Å². The van der Waals surface area contributed by atoms with Crippen LogP contribution in [-0.2, 0) is 11.8 Å². The molecule has 0 bridgehead atoms. The maximum atomic E-state index is 13.0. The van der Waals surface area contributed by atoms with Crippen molar-refractivity contribution in [2.24, 2.45) is 5.92 Å². The second-order valence-electron chi connectivity index (χ2n) is 6.82. The number of hydrogen-bond acceptors (Lipinski definition) is 0. The fraction of sp³-hybridized carbons (Fsp3) is 0.273. The van der Waals surface area contributed by atoms with E-state index in [-0.39, 0.29) is 5.82 Å². The largest absolute Gasteiger partial charge is 0.207 e. The molecule has 1 heteroatoms. The van der Waals surface area contributed by atoms with Gasteiger partial charge in [-0.25, -0.2) is 4.39 Å². The Morgan fingerprint density at radius 1 is 1.22 bits per heavy atom. The minimum absolute atomic E-state index is 0.216. The summed E-state index contributed by atoms with van der Waals surface area (Å²) >= 11 is 0. The summed E-state index contributed by atoms with van der Waals surface area (Å²) in [6.07, 6.45) is 6.36. The second-order valence-corrected chi connectivity index (χ2v) is 6.82. The topological polar surface area (TPSA) is 0 Å². The molecule has 23 heavy (non-hydrogen) atoms. The van der Waals surface area contributed by atoms with Gasteiger partial charge in [0.1, 0.15) is 5.82 Å². The van der Waals surface area contributed by atoms with E-state index in [2.05, 4.69) is 50.8 Å². The molecule has 0 saturated heterocycles. The number of hydrogen-bond donors (Lipinski definition) is 0. The van der Waals surface area contributed by atoms with E-state index in [1.807, 2.05) is 6.08 Å². The Hall–Kier alpha value is -2.15. The molecule has 1 aliphatic carbocycles. The molecule has 0 heterocycles. The van der Waals surface area contributed by atoms with Crippen LogP contribution in [0.25, 0.3) is 5.57 Å². The van der Waals surface area contributed by atoms with E-state index >= 15 is 0 Å². The standard InChI is InChI=1S/C22H23F/c1-16(18-11-13-20(23)14-12-18)7-6-9-19-8-4-5-10-21(19)22(3)15-17(22)2/h4-8,10-14,17H,1,9,15H2,2-3H3/b7-6-. The van der Waals surface area contributed by atoms with Gasteiger partial charge in [0, 0.05) is 0 Å². The van der Waals surface area contributed by atoms with Crippen molar-refractivity contribution >= 4 is 5.57 Å². The predicted octanol–water partition coefficient (Wildman–Crippen LogP) is 5.94. The number of rotatable bonds is 5. The van der Waals surface area contributed by atoms with Gasteiger partial charge in [-0.15, -0.1) is 0 Å². The van der Waals surface area contributed by atoms with Crippen LogP contribution in [0.2, 0.25) is 0 Å². The van der Waals surface area contributed by atoms with Crippen LogP contribution in [0.5, 0.6) is 0 Å². The lowest BCUT2D eigenvalue weighted by molar-refractivity contribution is 0.627. The molecule has 2 unspecified atom stereocenters. The molecule has 0 amide bonds. The molecule has 118 valence electrons. The van der Waals surface area contributed by atoms with Crippen molar-refractivity contribution in [3.63, 3.8) is 0 Å². The minimum Gasteiger partial charge on any atom is -0.207 e. The molecule has 1 aliphatic rings. The lowest BCUT2D eigenvalue weighted by Crippen LogP contribution is -2.06. The second kappa shape index (κ2) is 6.16. The molecule has 2 atom stereocenters. The van der Waals surface area contributed by atoms with Crippen LogP contribution in [0.15, 0.2) is 67.3 Å². The summed E-state index contributed by atoms with van der Waals surface area (Å²) < 4.78 is 13.0. The van der Waals surface area contributed by atoms with Crippen LogP contribution in [-0.4, -0.2) is 0 Å². The monoisotopic (exact) mass is 306 g/mol. The Kier molecular flexibility index (Phi) is 4.21. The highest BCUT2D eigenvalue weighted by Crippen LogP contribution is 2.54. The van der Waals surface area contributed by atoms with Crippen molar-refractivity contribution in [3.8, 4) is 0 Å². The van der Waals surface area contributed by atoms with Gasteiger partial charge < -0.3 is 0 Å². The Morgan fingerprint density at radius 3 is 2.52 bits per heavy atom. The zero-order valence-electron chi connectivity index (χ0n) is 13.9. The highest BCUT2D eigenvalue weighted by molar-refractivity contribution is 5.71. The van der Waals surface area contributed by atoms with Crippen LogP contribution in [0.1, 0.15) is 37.0 Å². The first kappa shape index (κ1) is 15.7. The maximum absolute atomic E-state index is 13.0. The first-order valence-electron chi connectivity index (χ1n) is 8.20. The van der Waals surface area contributed by atoms with Crippen molar-refractivity contribution in [2.45, 2.75) is 32.1 Å². The van der Waals surface area contributed by atoms with Crippen LogP contribution in [0, 0.1) is 11.7 Å². The fourth-order valence-corrected chi connectivity index (χ4v) is 3.30. The van der Waals surface area contributed by atoms with E-state index in [9.17, 15) is 4.39 Å². The van der Waals surface area contributed by atoms with E-state index in [0.717, 1.165) is 23.5 Å². The molecule has 0 aromatic heterocycles. The molecule has 2 aromatic rings. The average Bonchev–Trinajstić information content (AvgIpc) is 3.16. The molecule has 0 aliphatic heterocycles. The van der Waals surface area contributed by atoms with Gasteiger partial charge in [0.15, 0.2) is 0 Å². The predicted molar refractivity (Wildman–Crippen MR) is 95.9 cm³/mol. The van der Waals surface area contributed by atoms with Crippen LogP contribution >= 0.6 is 0 Å². The average molecular weight is 306 g/mol. The van der Waals surface area contributed by atoms with Crippen LogP contribution in [0.4, 0.5) is 4.39 Å². The number of benzene rings is 2. The first-order chi connectivity index (χ1) is 11.0. The summed E-state index contributed by atoms with van der Waals surface area (Å²) in [5.74, 6) is 0.549. The molecule has 1 saturated carbocycles. The zero-order valence-corrected chi connectivity index (χ0v) is 13.9. The van der Waals surface area contributed by atoms with Crippen molar-refractivity contribution in [3.05, 3.63) is 89.8 Å². The van der Waals surface area contributed by atoms with Crippen molar-refractivity contribution in [1.82, 2.24) is 0 Å². The van der Waals surface area contributed by atoms with Crippen molar-refractivity contribution in [2.75, 3.05) is 0 Å². The fourth-order valence-electron chi connectivity index (χ4n) is 3.30. The third kappa shape index (κ3) is 3.29. The number of halogens is 1. The SMILES string of the molecule is C=C(/C=C\Cc1ccccc1C1(C)CC1C)c1ccc(F)cc1. The van der Waals surface area contributed by atoms with Gasteiger partial charge >= 0.3 is 0 Å². The maximum Gasteiger partial charge on any atom is 0.123 e. The smallest absolute Gasteiger partial charge is 0.123 e. The Balaban J connectivity index is 1.71. The Bertz CT molecular complexity index is 739. The summed E-state index contributed by atoms with van der Waals surface area (Å²) in [6.45, 7) is 8.75. The summed E-state index contributed by atoms with van der Waals surface area (Å²) in [5, 5.41) is 0. The molecule has 2 aromatic carbocycles. The molecule has 1 fully saturated rings. The van der Waals surface area contributed by atoms with Gasteiger partial charge in [0.2, 0.25) is 0 Å². The lowest BCUT2D eigenvalue weighted by atomic mass is 9.89. The van der Waals surface area contributed by atoms with Crippen molar-refractivity contribution < 1.29 is 4.39 Å². The van der Waals surface area contributed by atoms with E-state index in [1.54, 1.807) is 12.1 Å². The number of allylic oxidation sites excluding steroid dienone is 3. The Labute approximate surface area is 138 Å². The van der Waals surface area contributed by atoms with Crippen LogP contribution in [0.3, 0.4) is 0 Å². The summed E-state index contributed by atoms with van der Waals surface area (Å²) in [6, 6.07) is 15.2. The minimum atomic E-state index is -0.216. The van der Waals surface area contributed by atoms with Crippen LogP contribution < -0.4 is 0 Å². The Morgan fingerprint density at radius 2 is 1.87 bits per heavy atom. The molecule has 0 N–H and O–H groups in total. The van der Waals surface area contributed by atoms with E-state index in [0.29, 0.717) is 5.41 Å². The highest BCUT2D eigenvalue weighted by Gasteiger charge is 2.48. The third-order valence-corrected chi connectivity index (χ3v) is 5.16. The van der Waals surface area contributed by atoms with E-state index in [1.165, 1.54) is 29.7 Å². The first-order valence-corrected chi connectivity index (χ1v) is 8.20. The molecule has 0 radical (unpaired) electrons. The highest BCUT2D eigenvalue weighted by atomic mass is 19.1. The molecule has 3 rings (SSSR count). The quantitative estimate of drug-likeness (QED) is 0.600. The van der Waals surface area contributed by atoms with Gasteiger partial charge in [0.05, 0.1) is 0 Å². The van der Waals surface area contributed by atoms with E-state index < -0.39 is 0 Å². The molecule has 0 nitrogen and oxygen atoms in total. The lowest BCUT2D eigenvalue weighted by Gasteiger charge is -2.15. The molecular formula is C22H23F. The molecule has 0 spiro atoms. The van der Waals surface area contributed by atoms with E-state index in [4.69, 9.17) is 0 Å². The van der Waals surface area contributed by atoms with Gasteiger partial charge in [-0.1, -0.05) is 69.0 Å². The summed E-state index contributed by atoms with van der Waals surface area (Å²) in [4.78, 5) is 0. The zero-order chi connectivity index (χ0) is 16.4. The molecular weight excluding hydrogens is 283 g/mol. The third-order valence-electron chi connectivity index (χ3n) is 5.16. The normalized spacial score (nSPS) is 23.2. The van der Waals surface area contributed by atoms with Gasteiger partial charge in [0.25, 0.3) is 0 Å². The van der Waals surface area contributed by atoms with Gasteiger partial charge in [-0.3, -0.25) is 0 Å².